The monoisotopic (exact) mass is 266 g/mol. The zero-order chi connectivity index (χ0) is 13.7. The molecule has 2 aliphatic carbocycles. The van der Waals surface area contributed by atoms with E-state index in [1.165, 1.54) is 19.3 Å². The molecule has 19 heavy (non-hydrogen) atoms. The van der Waals surface area contributed by atoms with Gasteiger partial charge < -0.3 is 9.47 Å². The van der Waals surface area contributed by atoms with Crippen LogP contribution in [0.25, 0.3) is 0 Å². The van der Waals surface area contributed by atoms with Gasteiger partial charge in [0.2, 0.25) is 0 Å². The predicted octanol–water partition coefficient (Wildman–Crippen LogP) is 3.17. The van der Waals surface area contributed by atoms with Crippen LogP contribution in [0.15, 0.2) is 0 Å². The van der Waals surface area contributed by atoms with Crippen LogP contribution in [-0.4, -0.2) is 25.3 Å². The zero-order valence-electron chi connectivity index (χ0n) is 12.4. The summed E-state index contributed by atoms with van der Waals surface area (Å²) in [7, 11) is 0. The highest BCUT2D eigenvalue weighted by Crippen LogP contribution is 2.60. The Hall–Kier alpha value is -0.570. The average Bonchev–Trinajstić information content (AvgIpc) is 3.06. The number of esters is 1. The molecular formula is C16H26O3. The Labute approximate surface area is 116 Å². The fourth-order valence-corrected chi connectivity index (χ4v) is 4.18. The smallest absolute Gasteiger partial charge is 0.311 e. The molecule has 4 atom stereocenters. The van der Waals surface area contributed by atoms with Gasteiger partial charge >= 0.3 is 5.97 Å². The molecule has 1 spiro atoms. The van der Waals surface area contributed by atoms with Gasteiger partial charge in [0, 0.05) is 6.61 Å². The molecule has 3 rings (SSSR count). The Morgan fingerprint density at radius 3 is 2.74 bits per heavy atom. The third kappa shape index (κ3) is 2.10. The van der Waals surface area contributed by atoms with Crippen molar-refractivity contribution in [3.05, 3.63) is 0 Å². The van der Waals surface area contributed by atoms with Crippen LogP contribution in [0.2, 0.25) is 0 Å². The first kappa shape index (κ1) is 13.4. The van der Waals surface area contributed by atoms with Gasteiger partial charge in [0.05, 0.1) is 12.0 Å². The molecule has 0 aromatic carbocycles. The quantitative estimate of drug-likeness (QED) is 0.736. The van der Waals surface area contributed by atoms with E-state index in [1.54, 1.807) is 0 Å². The Morgan fingerprint density at radius 2 is 2.21 bits per heavy atom. The van der Waals surface area contributed by atoms with Gasteiger partial charge in [-0.1, -0.05) is 6.92 Å². The molecule has 0 aromatic heterocycles. The lowest BCUT2D eigenvalue weighted by atomic mass is 9.72. The minimum atomic E-state index is -0.337. The van der Waals surface area contributed by atoms with Crippen molar-refractivity contribution in [2.45, 2.75) is 59.0 Å². The normalized spacial score (nSPS) is 41.1. The van der Waals surface area contributed by atoms with Crippen molar-refractivity contribution >= 4 is 5.97 Å². The standard InChI is InChI=1S/C16H26O3/c1-4-15(2,3)14(17)19-13-8-12-7-11(13)9-16(12)5-6-18-10-16/h11-13H,4-10H2,1-3H3. The molecule has 3 heteroatoms. The molecular weight excluding hydrogens is 240 g/mol. The third-order valence-corrected chi connectivity index (χ3v) is 5.99. The molecule has 4 unspecified atom stereocenters. The van der Waals surface area contributed by atoms with Crippen LogP contribution in [0.5, 0.6) is 0 Å². The van der Waals surface area contributed by atoms with Gasteiger partial charge in [-0.2, -0.15) is 0 Å². The van der Waals surface area contributed by atoms with Gasteiger partial charge in [-0.3, -0.25) is 4.79 Å². The van der Waals surface area contributed by atoms with Gasteiger partial charge in [-0.05, 0) is 63.2 Å². The van der Waals surface area contributed by atoms with E-state index >= 15 is 0 Å². The van der Waals surface area contributed by atoms with E-state index in [-0.39, 0.29) is 17.5 Å². The molecule has 1 saturated heterocycles. The van der Waals surface area contributed by atoms with Crippen molar-refractivity contribution in [2.24, 2.45) is 22.7 Å². The molecule has 2 bridgehead atoms. The van der Waals surface area contributed by atoms with Crippen LogP contribution in [0.4, 0.5) is 0 Å². The Bertz CT molecular complexity index is 368. The Morgan fingerprint density at radius 1 is 1.42 bits per heavy atom. The summed E-state index contributed by atoms with van der Waals surface area (Å²) in [5.41, 5.74) is 0.101. The Kier molecular flexibility index (Phi) is 3.16. The summed E-state index contributed by atoms with van der Waals surface area (Å²) in [6.45, 7) is 7.88. The highest BCUT2D eigenvalue weighted by atomic mass is 16.5. The van der Waals surface area contributed by atoms with E-state index < -0.39 is 0 Å². The lowest BCUT2D eigenvalue weighted by Crippen LogP contribution is -2.37. The molecule has 0 radical (unpaired) electrons. The summed E-state index contributed by atoms with van der Waals surface area (Å²) >= 11 is 0. The minimum absolute atomic E-state index is 0.00993. The molecule has 0 amide bonds. The van der Waals surface area contributed by atoms with E-state index in [0.29, 0.717) is 11.3 Å². The molecule has 0 aromatic rings. The summed E-state index contributed by atoms with van der Waals surface area (Å²) in [6.07, 6.45) is 5.75. The van der Waals surface area contributed by atoms with Gasteiger partial charge in [0.25, 0.3) is 0 Å². The van der Waals surface area contributed by atoms with Gasteiger partial charge in [0.1, 0.15) is 6.10 Å². The van der Waals surface area contributed by atoms with E-state index in [2.05, 4.69) is 0 Å². The first-order chi connectivity index (χ1) is 8.97. The molecule has 3 aliphatic rings. The summed E-state index contributed by atoms with van der Waals surface area (Å²) in [4.78, 5) is 12.2. The molecule has 108 valence electrons. The molecule has 2 saturated carbocycles. The fourth-order valence-electron chi connectivity index (χ4n) is 4.18. The first-order valence-electron chi connectivity index (χ1n) is 7.76. The highest BCUT2D eigenvalue weighted by molar-refractivity contribution is 5.76. The highest BCUT2D eigenvalue weighted by Gasteiger charge is 2.57. The lowest BCUT2D eigenvalue weighted by Gasteiger charge is -2.36. The molecule has 1 aliphatic heterocycles. The van der Waals surface area contributed by atoms with Crippen LogP contribution in [-0.2, 0) is 14.3 Å². The maximum atomic E-state index is 12.2. The largest absolute Gasteiger partial charge is 0.462 e. The zero-order valence-corrected chi connectivity index (χ0v) is 12.4. The SMILES string of the molecule is CCC(C)(C)C(=O)OC1CC2CC1CC21CCOC1. The maximum Gasteiger partial charge on any atom is 0.311 e. The second kappa shape index (κ2) is 4.47. The van der Waals surface area contributed by atoms with Crippen molar-refractivity contribution in [1.29, 1.82) is 0 Å². The second-order valence-electron chi connectivity index (χ2n) is 7.48. The predicted molar refractivity (Wildman–Crippen MR) is 72.7 cm³/mol. The molecule has 3 nitrogen and oxygen atoms in total. The van der Waals surface area contributed by atoms with Gasteiger partial charge in [0.15, 0.2) is 0 Å². The van der Waals surface area contributed by atoms with Crippen molar-refractivity contribution in [1.82, 2.24) is 0 Å². The van der Waals surface area contributed by atoms with Crippen LogP contribution in [0.3, 0.4) is 0 Å². The lowest BCUT2D eigenvalue weighted by molar-refractivity contribution is -0.163. The molecule has 3 fully saturated rings. The van der Waals surface area contributed by atoms with Crippen molar-refractivity contribution in [3.8, 4) is 0 Å². The fraction of sp³-hybridized carbons (Fsp3) is 0.938. The number of fused-ring (bicyclic) bond motifs is 3. The minimum Gasteiger partial charge on any atom is -0.462 e. The maximum absolute atomic E-state index is 12.2. The number of carbonyl (C=O) groups excluding carboxylic acids is 1. The van der Waals surface area contributed by atoms with Crippen LogP contribution < -0.4 is 0 Å². The van der Waals surface area contributed by atoms with E-state index in [0.717, 1.165) is 32.0 Å². The van der Waals surface area contributed by atoms with Crippen molar-refractivity contribution in [3.63, 3.8) is 0 Å². The topological polar surface area (TPSA) is 35.5 Å². The van der Waals surface area contributed by atoms with Crippen LogP contribution >= 0.6 is 0 Å². The molecule has 0 N–H and O–H groups in total. The Balaban J connectivity index is 1.61. The molecule has 1 heterocycles. The van der Waals surface area contributed by atoms with E-state index in [1.807, 2.05) is 20.8 Å². The van der Waals surface area contributed by atoms with Gasteiger partial charge in [-0.25, -0.2) is 0 Å². The summed E-state index contributed by atoms with van der Waals surface area (Å²) in [6, 6.07) is 0. The van der Waals surface area contributed by atoms with Crippen LogP contribution in [0, 0.1) is 22.7 Å². The van der Waals surface area contributed by atoms with E-state index in [4.69, 9.17) is 9.47 Å². The number of carbonyl (C=O) groups is 1. The third-order valence-electron chi connectivity index (χ3n) is 5.99. The van der Waals surface area contributed by atoms with Crippen molar-refractivity contribution in [2.75, 3.05) is 13.2 Å². The average molecular weight is 266 g/mol. The summed E-state index contributed by atoms with van der Waals surface area (Å²) < 4.78 is 11.4. The van der Waals surface area contributed by atoms with E-state index in [9.17, 15) is 4.79 Å². The second-order valence-corrected chi connectivity index (χ2v) is 7.48. The van der Waals surface area contributed by atoms with Crippen LogP contribution in [0.1, 0.15) is 52.9 Å². The summed E-state index contributed by atoms with van der Waals surface area (Å²) in [5.74, 6) is 1.30. The van der Waals surface area contributed by atoms with Gasteiger partial charge in [-0.15, -0.1) is 0 Å². The first-order valence-corrected chi connectivity index (χ1v) is 7.76. The number of hydrogen-bond acceptors (Lipinski definition) is 3. The number of rotatable bonds is 3. The number of hydrogen-bond donors (Lipinski definition) is 0. The number of ether oxygens (including phenoxy) is 2. The van der Waals surface area contributed by atoms with Crippen molar-refractivity contribution < 1.29 is 14.3 Å². The summed E-state index contributed by atoms with van der Waals surface area (Å²) in [5, 5.41) is 0.